The first kappa shape index (κ1) is 15.4. The van der Waals surface area contributed by atoms with E-state index in [1.54, 1.807) is 6.92 Å². The van der Waals surface area contributed by atoms with Crippen molar-refractivity contribution in [3.05, 3.63) is 23.3 Å². The van der Waals surface area contributed by atoms with Gasteiger partial charge in [0.2, 0.25) is 0 Å². The Labute approximate surface area is 110 Å². The average molecular weight is 270 g/mol. The summed E-state index contributed by atoms with van der Waals surface area (Å²) in [5.41, 5.74) is 0.209. The molecule has 106 valence electrons. The molecule has 0 saturated heterocycles. The van der Waals surface area contributed by atoms with Crippen LogP contribution in [0.1, 0.15) is 35.4 Å². The van der Waals surface area contributed by atoms with E-state index in [2.05, 4.69) is 0 Å². The number of phenols is 1. The summed E-state index contributed by atoms with van der Waals surface area (Å²) in [6, 6.07) is 2.62. The van der Waals surface area contributed by atoms with Gasteiger partial charge in [-0.2, -0.15) is 0 Å². The van der Waals surface area contributed by atoms with Crippen LogP contribution in [-0.2, 0) is 0 Å². The Hall–Kier alpha value is -1.63. The van der Waals surface area contributed by atoms with Crippen molar-refractivity contribution in [3.63, 3.8) is 0 Å². The van der Waals surface area contributed by atoms with Gasteiger partial charge in [-0.05, 0) is 25.5 Å². The van der Waals surface area contributed by atoms with Crippen molar-refractivity contribution in [2.75, 3.05) is 13.2 Å². The first-order chi connectivity index (χ1) is 9.04. The molecule has 1 aromatic carbocycles. The van der Waals surface area contributed by atoms with E-state index in [0.29, 0.717) is 6.29 Å². The second-order valence-electron chi connectivity index (χ2n) is 4.03. The Morgan fingerprint density at radius 1 is 1.37 bits per heavy atom. The van der Waals surface area contributed by atoms with Crippen molar-refractivity contribution in [1.82, 2.24) is 0 Å². The molecule has 2 unspecified atom stereocenters. The molecule has 2 atom stereocenters. The zero-order valence-electron chi connectivity index (χ0n) is 10.6. The Morgan fingerprint density at radius 2 is 2.05 bits per heavy atom. The van der Waals surface area contributed by atoms with Crippen molar-refractivity contribution in [1.29, 1.82) is 0 Å². The van der Waals surface area contributed by atoms with Gasteiger partial charge in [0.1, 0.15) is 12.4 Å². The van der Waals surface area contributed by atoms with Crippen LogP contribution in [0.3, 0.4) is 0 Å². The van der Waals surface area contributed by atoms with Crippen molar-refractivity contribution in [3.8, 4) is 11.5 Å². The molecule has 0 heterocycles. The highest BCUT2D eigenvalue weighted by atomic mass is 16.5. The minimum absolute atomic E-state index is 0.00556. The van der Waals surface area contributed by atoms with Crippen LogP contribution < -0.4 is 4.74 Å². The lowest BCUT2D eigenvalue weighted by Crippen LogP contribution is -2.20. The molecule has 1 aromatic rings. The third-order valence-electron chi connectivity index (χ3n) is 2.67. The lowest BCUT2D eigenvalue weighted by Gasteiger charge is -2.20. The molecule has 0 bridgehead atoms. The van der Waals surface area contributed by atoms with E-state index in [0.717, 1.165) is 0 Å². The van der Waals surface area contributed by atoms with Crippen LogP contribution in [-0.4, -0.2) is 46.0 Å². The molecular weight excluding hydrogens is 252 g/mol. The van der Waals surface area contributed by atoms with Crippen LogP contribution in [0.2, 0.25) is 0 Å². The standard InChI is InChI=1S/C13H18O6/c1-2-19-11-6-8(7-15)5-9(13(11)18)12(17)10(16)3-4-14/h5-7,10,12,14,16-18H,2-4H2,1H3. The Kier molecular flexibility index (Phi) is 5.75. The normalized spacial score (nSPS) is 13.9. The summed E-state index contributed by atoms with van der Waals surface area (Å²) in [7, 11) is 0. The molecule has 0 aliphatic heterocycles. The monoisotopic (exact) mass is 270 g/mol. The second-order valence-corrected chi connectivity index (χ2v) is 4.03. The van der Waals surface area contributed by atoms with Crippen LogP contribution in [0.4, 0.5) is 0 Å². The van der Waals surface area contributed by atoms with Crippen molar-refractivity contribution < 1.29 is 30.0 Å². The van der Waals surface area contributed by atoms with Crippen LogP contribution in [0.25, 0.3) is 0 Å². The fourth-order valence-electron chi connectivity index (χ4n) is 1.71. The fourth-order valence-corrected chi connectivity index (χ4v) is 1.71. The van der Waals surface area contributed by atoms with E-state index in [4.69, 9.17) is 9.84 Å². The van der Waals surface area contributed by atoms with Gasteiger partial charge in [-0.15, -0.1) is 0 Å². The number of aldehydes is 1. The third-order valence-corrected chi connectivity index (χ3v) is 2.67. The summed E-state index contributed by atoms with van der Waals surface area (Å²) >= 11 is 0. The van der Waals surface area contributed by atoms with Crippen molar-refractivity contribution in [2.45, 2.75) is 25.6 Å². The molecule has 0 radical (unpaired) electrons. The van der Waals surface area contributed by atoms with E-state index >= 15 is 0 Å². The maximum Gasteiger partial charge on any atom is 0.163 e. The van der Waals surface area contributed by atoms with Crippen LogP contribution >= 0.6 is 0 Å². The van der Waals surface area contributed by atoms with E-state index in [1.807, 2.05) is 0 Å². The molecule has 6 nitrogen and oxygen atoms in total. The molecule has 6 heteroatoms. The van der Waals surface area contributed by atoms with Gasteiger partial charge in [-0.1, -0.05) is 0 Å². The number of rotatable bonds is 7. The molecule has 0 aliphatic carbocycles. The number of ether oxygens (including phenoxy) is 1. The van der Waals surface area contributed by atoms with E-state index in [1.165, 1.54) is 12.1 Å². The average Bonchev–Trinajstić information content (AvgIpc) is 2.40. The molecule has 0 amide bonds. The SMILES string of the molecule is CCOc1cc(C=O)cc(C(O)C(O)CCO)c1O. The molecule has 0 aromatic heterocycles. The summed E-state index contributed by atoms with van der Waals surface area (Å²) in [5, 5.41) is 38.2. The van der Waals surface area contributed by atoms with Gasteiger partial charge >= 0.3 is 0 Å². The largest absolute Gasteiger partial charge is 0.504 e. The number of carbonyl (C=O) groups is 1. The third kappa shape index (κ3) is 3.66. The summed E-state index contributed by atoms with van der Waals surface area (Å²) in [6.45, 7) is 1.69. The maximum atomic E-state index is 10.8. The number of hydrogen-bond donors (Lipinski definition) is 4. The molecule has 19 heavy (non-hydrogen) atoms. The number of carbonyl (C=O) groups excluding carboxylic acids is 1. The van der Waals surface area contributed by atoms with Crippen LogP contribution in [0.15, 0.2) is 12.1 Å². The number of benzene rings is 1. The van der Waals surface area contributed by atoms with Gasteiger partial charge in [-0.25, -0.2) is 0 Å². The molecule has 1 rings (SSSR count). The zero-order valence-corrected chi connectivity index (χ0v) is 10.6. The van der Waals surface area contributed by atoms with Gasteiger partial charge in [-0.3, -0.25) is 4.79 Å². The second kappa shape index (κ2) is 7.08. The highest BCUT2D eigenvalue weighted by molar-refractivity contribution is 5.77. The van der Waals surface area contributed by atoms with Crippen LogP contribution in [0, 0.1) is 0 Å². The number of aromatic hydroxyl groups is 1. The zero-order chi connectivity index (χ0) is 14.4. The smallest absolute Gasteiger partial charge is 0.163 e. The molecule has 0 aliphatic rings. The number of phenolic OH excluding ortho intramolecular Hbond substituents is 1. The number of aliphatic hydroxyl groups excluding tert-OH is 3. The molecule has 0 saturated carbocycles. The Bertz CT molecular complexity index is 431. The van der Waals surface area contributed by atoms with Crippen molar-refractivity contribution in [2.24, 2.45) is 0 Å². The fraction of sp³-hybridized carbons (Fsp3) is 0.462. The predicted octanol–water partition coefficient (Wildman–Crippen LogP) is 0.380. The molecule has 0 spiro atoms. The van der Waals surface area contributed by atoms with E-state index in [-0.39, 0.29) is 42.3 Å². The maximum absolute atomic E-state index is 10.8. The highest BCUT2D eigenvalue weighted by Crippen LogP contribution is 2.36. The summed E-state index contributed by atoms with van der Waals surface area (Å²) < 4.78 is 5.16. The Balaban J connectivity index is 3.17. The lowest BCUT2D eigenvalue weighted by atomic mass is 9.99. The summed E-state index contributed by atoms with van der Waals surface area (Å²) in [4.78, 5) is 10.8. The summed E-state index contributed by atoms with van der Waals surface area (Å²) in [5.74, 6) is -0.255. The van der Waals surface area contributed by atoms with Crippen molar-refractivity contribution >= 4 is 6.29 Å². The van der Waals surface area contributed by atoms with E-state index in [9.17, 15) is 20.1 Å². The van der Waals surface area contributed by atoms with E-state index < -0.39 is 12.2 Å². The summed E-state index contributed by atoms with van der Waals surface area (Å²) in [6.07, 6.45) is -2.15. The van der Waals surface area contributed by atoms with Gasteiger partial charge < -0.3 is 25.2 Å². The van der Waals surface area contributed by atoms with Gasteiger partial charge in [0.25, 0.3) is 0 Å². The van der Waals surface area contributed by atoms with Gasteiger partial charge in [0, 0.05) is 17.7 Å². The molecule has 4 N–H and O–H groups in total. The minimum Gasteiger partial charge on any atom is -0.504 e. The van der Waals surface area contributed by atoms with Crippen LogP contribution in [0.5, 0.6) is 11.5 Å². The first-order valence-electron chi connectivity index (χ1n) is 5.97. The van der Waals surface area contributed by atoms with Gasteiger partial charge in [0.15, 0.2) is 11.5 Å². The van der Waals surface area contributed by atoms with Gasteiger partial charge in [0.05, 0.1) is 12.7 Å². The number of aliphatic hydroxyl groups is 3. The topological polar surface area (TPSA) is 107 Å². The molecular formula is C13H18O6. The predicted molar refractivity (Wildman–Crippen MR) is 67.3 cm³/mol. The highest BCUT2D eigenvalue weighted by Gasteiger charge is 2.23. The lowest BCUT2D eigenvalue weighted by molar-refractivity contribution is 0.00284. The quantitative estimate of drug-likeness (QED) is 0.534. The Morgan fingerprint density at radius 3 is 2.58 bits per heavy atom. The number of hydrogen-bond acceptors (Lipinski definition) is 6. The molecule has 0 fully saturated rings. The minimum atomic E-state index is -1.41. The first-order valence-corrected chi connectivity index (χ1v) is 5.97.